The van der Waals surface area contributed by atoms with Gasteiger partial charge in [0.05, 0.1) is 17.0 Å². The first kappa shape index (κ1) is 12.5. The maximum atomic E-state index is 12.6. The molecule has 4 nitrogen and oxygen atoms in total. The van der Waals surface area contributed by atoms with Crippen molar-refractivity contribution in [1.29, 1.82) is 0 Å². The standard InChI is InChI=1S/C16H15N3O/c1-2-10-19-15-8-4-3-7-13(15)14(16(19)20)11-12-6-5-9-17-18-12/h3-9,11H,2,10H2,1H3/b14-11-. The summed E-state index contributed by atoms with van der Waals surface area (Å²) in [4.78, 5) is 14.4. The fourth-order valence-corrected chi connectivity index (χ4v) is 2.43. The molecule has 0 fully saturated rings. The Balaban J connectivity index is 2.09. The molecule has 1 aliphatic heterocycles. The summed E-state index contributed by atoms with van der Waals surface area (Å²) in [5.74, 6) is 0.0405. The van der Waals surface area contributed by atoms with E-state index in [2.05, 4.69) is 17.1 Å². The van der Waals surface area contributed by atoms with Crippen LogP contribution in [-0.2, 0) is 4.79 Å². The number of rotatable bonds is 3. The van der Waals surface area contributed by atoms with E-state index >= 15 is 0 Å². The Morgan fingerprint density at radius 1 is 1.20 bits per heavy atom. The highest BCUT2D eigenvalue weighted by Crippen LogP contribution is 2.37. The van der Waals surface area contributed by atoms with Gasteiger partial charge in [-0.2, -0.15) is 10.2 Å². The quantitative estimate of drug-likeness (QED) is 0.802. The van der Waals surface area contributed by atoms with E-state index < -0.39 is 0 Å². The number of aromatic nitrogens is 2. The van der Waals surface area contributed by atoms with Crippen LogP contribution in [0.4, 0.5) is 5.69 Å². The second-order valence-corrected chi connectivity index (χ2v) is 4.68. The lowest BCUT2D eigenvalue weighted by atomic mass is 10.1. The zero-order chi connectivity index (χ0) is 13.9. The van der Waals surface area contributed by atoms with Crippen LogP contribution in [0.1, 0.15) is 24.6 Å². The molecule has 1 aromatic heterocycles. The number of carbonyl (C=O) groups is 1. The van der Waals surface area contributed by atoms with E-state index in [4.69, 9.17) is 0 Å². The van der Waals surface area contributed by atoms with Gasteiger partial charge >= 0.3 is 0 Å². The molecule has 0 saturated heterocycles. The Bertz CT molecular complexity index is 664. The molecule has 3 rings (SSSR count). The van der Waals surface area contributed by atoms with Crippen molar-refractivity contribution in [3.63, 3.8) is 0 Å². The predicted molar refractivity (Wildman–Crippen MR) is 79.0 cm³/mol. The zero-order valence-electron chi connectivity index (χ0n) is 11.3. The van der Waals surface area contributed by atoms with Crippen LogP contribution < -0.4 is 4.90 Å². The number of benzene rings is 1. The molecule has 0 radical (unpaired) electrons. The second-order valence-electron chi connectivity index (χ2n) is 4.68. The van der Waals surface area contributed by atoms with Crippen LogP contribution in [0.2, 0.25) is 0 Å². The van der Waals surface area contributed by atoms with Crippen molar-refractivity contribution in [3.8, 4) is 0 Å². The number of hydrogen-bond donors (Lipinski definition) is 0. The molecule has 4 heteroatoms. The van der Waals surface area contributed by atoms with Crippen LogP contribution in [0.3, 0.4) is 0 Å². The molecule has 2 aromatic rings. The van der Waals surface area contributed by atoms with Gasteiger partial charge in [0.1, 0.15) is 0 Å². The van der Waals surface area contributed by atoms with Gasteiger partial charge in [-0.15, -0.1) is 0 Å². The summed E-state index contributed by atoms with van der Waals surface area (Å²) in [6, 6.07) is 11.5. The molecule has 20 heavy (non-hydrogen) atoms. The van der Waals surface area contributed by atoms with Crippen molar-refractivity contribution in [2.75, 3.05) is 11.4 Å². The van der Waals surface area contributed by atoms with E-state index in [9.17, 15) is 4.79 Å². The van der Waals surface area contributed by atoms with Crippen molar-refractivity contribution < 1.29 is 4.79 Å². The SMILES string of the molecule is CCCN1C(=O)/C(=C\c2cccnn2)c2ccccc21. The molecule has 1 amide bonds. The normalized spacial score (nSPS) is 15.8. The third kappa shape index (κ3) is 2.09. The maximum absolute atomic E-state index is 12.6. The van der Waals surface area contributed by atoms with Gasteiger partial charge in [0, 0.05) is 18.3 Å². The van der Waals surface area contributed by atoms with Gasteiger partial charge in [-0.05, 0) is 30.7 Å². The average Bonchev–Trinajstić information content (AvgIpc) is 2.75. The van der Waals surface area contributed by atoms with E-state index in [1.807, 2.05) is 47.4 Å². The monoisotopic (exact) mass is 265 g/mol. The minimum Gasteiger partial charge on any atom is -0.308 e. The molecule has 0 aliphatic carbocycles. The minimum absolute atomic E-state index is 0.0405. The van der Waals surface area contributed by atoms with Crippen LogP contribution in [0, 0.1) is 0 Å². The highest BCUT2D eigenvalue weighted by molar-refractivity contribution is 6.35. The van der Waals surface area contributed by atoms with Gasteiger partial charge in [-0.1, -0.05) is 25.1 Å². The van der Waals surface area contributed by atoms with E-state index in [1.165, 1.54) is 0 Å². The van der Waals surface area contributed by atoms with Gasteiger partial charge in [0.15, 0.2) is 0 Å². The Labute approximate surface area is 117 Å². The van der Waals surface area contributed by atoms with Crippen LogP contribution >= 0.6 is 0 Å². The number of hydrogen-bond acceptors (Lipinski definition) is 3. The predicted octanol–water partition coefficient (Wildman–Crippen LogP) is 2.77. The van der Waals surface area contributed by atoms with Gasteiger partial charge in [-0.3, -0.25) is 4.79 Å². The molecule has 0 spiro atoms. The Kier molecular flexibility index (Phi) is 3.29. The first-order valence-corrected chi connectivity index (χ1v) is 6.72. The summed E-state index contributed by atoms with van der Waals surface area (Å²) in [5.41, 5.74) is 3.34. The van der Waals surface area contributed by atoms with E-state index in [1.54, 1.807) is 6.20 Å². The minimum atomic E-state index is 0.0405. The second kappa shape index (κ2) is 5.25. The van der Waals surface area contributed by atoms with Crippen LogP contribution in [0.25, 0.3) is 11.6 Å². The fourth-order valence-electron chi connectivity index (χ4n) is 2.43. The van der Waals surface area contributed by atoms with Gasteiger partial charge in [0.2, 0.25) is 0 Å². The molecule has 0 saturated carbocycles. The number of amides is 1. The molecule has 1 aromatic carbocycles. The van der Waals surface area contributed by atoms with Gasteiger partial charge in [0.25, 0.3) is 5.91 Å². The van der Waals surface area contributed by atoms with Crippen LogP contribution in [-0.4, -0.2) is 22.6 Å². The van der Waals surface area contributed by atoms with Gasteiger partial charge in [-0.25, -0.2) is 0 Å². The van der Waals surface area contributed by atoms with Crippen molar-refractivity contribution in [2.45, 2.75) is 13.3 Å². The summed E-state index contributed by atoms with van der Waals surface area (Å²) >= 11 is 0. The third-order valence-electron chi connectivity index (χ3n) is 3.29. The van der Waals surface area contributed by atoms with E-state index in [0.29, 0.717) is 11.3 Å². The molecule has 1 aliphatic rings. The third-order valence-corrected chi connectivity index (χ3v) is 3.29. The van der Waals surface area contributed by atoms with Crippen molar-refractivity contribution in [3.05, 3.63) is 53.9 Å². The molecule has 0 N–H and O–H groups in total. The molecule has 0 unspecified atom stereocenters. The Morgan fingerprint density at radius 3 is 2.80 bits per heavy atom. The first-order valence-electron chi connectivity index (χ1n) is 6.72. The smallest absolute Gasteiger partial charge is 0.259 e. The number of fused-ring (bicyclic) bond motifs is 1. The summed E-state index contributed by atoms with van der Waals surface area (Å²) in [5, 5.41) is 7.87. The fraction of sp³-hybridized carbons (Fsp3) is 0.188. The van der Waals surface area contributed by atoms with Crippen molar-refractivity contribution in [1.82, 2.24) is 10.2 Å². The largest absolute Gasteiger partial charge is 0.308 e. The maximum Gasteiger partial charge on any atom is 0.259 e. The van der Waals surface area contributed by atoms with Crippen LogP contribution in [0.5, 0.6) is 0 Å². The van der Waals surface area contributed by atoms with E-state index in [-0.39, 0.29) is 5.91 Å². The Morgan fingerprint density at radius 2 is 2.05 bits per heavy atom. The summed E-state index contributed by atoms with van der Waals surface area (Å²) in [7, 11) is 0. The van der Waals surface area contributed by atoms with Gasteiger partial charge < -0.3 is 4.90 Å². The Hall–Kier alpha value is -2.49. The first-order chi connectivity index (χ1) is 9.81. The number of nitrogens with zero attached hydrogens (tertiary/aromatic N) is 3. The molecule has 0 atom stereocenters. The van der Waals surface area contributed by atoms with Crippen molar-refractivity contribution in [2.24, 2.45) is 0 Å². The summed E-state index contributed by atoms with van der Waals surface area (Å²) in [6.45, 7) is 2.80. The zero-order valence-corrected chi connectivity index (χ0v) is 11.3. The topological polar surface area (TPSA) is 46.1 Å². The van der Waals surface area contributed by atoms with Crippen LogP contribution in [0.15, 0.2) is 42.6 Å². The molecule has 0 bridgehead atoms. The lowest BCUT2D eigenvalue weighted by Crippen LogP contribution is -2.26. The number of para-hydroxylation sites is 1. The number of carbonyl (C=O) groups excluding carboxylic acids is 1. The number of anilines is 1. The lowest BCUT2D eigenvalue weighted by Gasteiger charge is -2.15. The summed E-state index contributed by atoms with van der Waals surface area (Å²) < 4.78 is 0. The summed E-state index contributed by atoms with van der Waals surface area (Å²) in [6.07, 6.45) is 4.36. The average molecular weight is 265 g/mol. The molecule has 2 heterocycles. The van der Waals surface area contributed by atoms with Crippen molar-refractivity contribution >= 4 is 23.2 Å². The molecular weight excluding hydrogens is 250 g/mol. The van der Waals surface area contributed by atoms with E-state index in [0.717, 1.165) is 24.2 Å². The highest BCUT2D eigenvalue weighted by atomic mass is 16.2. The molecule has 100 valence electrons. The molecular formula is C16H15N3O. The lowest BCUT2D eigenvalue weighted by molar-refractivity contribution is -0.113. The highest BCUT2D eigenvalue weighted by Gasteiger charge is 2.31.